The monoisotopic (exact) mass is 338 g/mol. The zero-order valence-electron chi connectivity index (χ0n) is 14.0. The second kappa shape index (κ2) is 6.86. The molecule has 0 bridgehead atoms. The molecule has 2 amide bonds. The van der Waals surface area contributed by atoms with Crippen LogP contribution in [0.3, 0.4) is 0 Å². The van der Waals surface area contributed by atoms with Crippen LogP contribution >= 0.6 is 0 Å². The van der Waals surface area contributed by atoms with Gasteiger partial charge in [0, 0.05) is 43.2 Å². The number of carbonyl (C=O) groups is 1. The highest BCUT2D eigenvalue weighted by Crippen LogP contribution is 2.28. The van der Waals surface area contributed by atoms with E-state index >= 15 is 0 Å². The molecule has 8 heteroatoms. The van der Waals surface area contributed by atoms with Crippen molar-refractivity contribution in [2.24, 2.45) is 7.05 Å². The number of ether oxygens (including phenoxy) is 1. The fraction of sp³-hybridized carbons (Fsp3) is 0.375. The van der Waals surface area contributed by atoms with E-state index in [1.54, 1.807) is 44.9 Å². The van der Waals surface area contributed by atoms with Gasteiger partial charge in [0.15, 0.2) is 17.4 Å². The summed E-state index contributed by atoms with van der Waals surface area (Å²) in [4.78, 5) is 11.8. The van der Waals surface area contributed by atoms with Gasteiger partial charge in [0.2, 0.25) is 0 Å². The van der Waals surface area contributed by atoms with E-state index in [0.717, 1.165) is 17.7 Å². The first kappa shape index (κ1) is 17.7. The van der Waals surface area contributed by atoms with Gasteiger partial charge in [-0.1, -0.05) is 0 Å². The number of hydrogen-bond acceptors (Lipinski definition) is 3. The average molecular weight is 338 g/mol. The largest absolute Gasteiger partial charge is 0.482 e. The van der Waals surface area contributed by atoms with Crippen LogP contribution in [0.2, 0.25) is 0 Å². The quantitative estimate of drug-likeness (QED) is 0.899. The smallest absolute Gasteiger partial charge is 0.319 e. The number of carbonyl (C=O) groups excluding carboxylic acids is 1. The van der Waals surface area contributed by atoms with Gasteiger partial charge in [-0.15, -0.1) is 0 Å². The van der Waals surface area contributed by atoms with Gasteiger partial charge in [0.25, 0.3) is 0 Å². The summed E-state index contributed by atoms with van der Waals surface area (Å²) in [5, 5.41) is 8.92. The van der Waals surface area contributed by atoms with Gasteiger partial charge in [0.05, 0.1) is 6.20 Å². The lowest BCUT2D eigenvalue weighted by atomic mass is 10.2. The fourth-order valence-corrected chi connectivity index (χ4v) is 1.96. The standard InChI is InChI=1S/C16H20F2N4O2/c1-16(2,3)24-14-12(17)5-11(6-13(14)18)21-15(23)19-7-10-8-20-22(4)9-10/h5-6,8-9H,7H2,1-4H3,(H2,19,21,23). The maximum atomic E-state index is 14.0. The van der Waals surface area contributed by atoms with Gasteiger partial charge in [-0.2, -0.15) is 5.10 Å². The molecular formula is C16H20F2N4O2. The Bertz CT molecular complexity index is 715. The van der Waals surface area contributed by atoms with E-state index < -0.39 is 29.0 Å². The maximum Gasteiger partial charge on any atom is 0.319 e. The minimum Gasteiger partial charge on any atom is -0.482 e. The summed E-state index contributed by atoms with van der Waals surface area (Å²) in [6, 6.07) is 1.43. The van der Waals surface area contributed by atoms with E-state index in [0.29, 0.717) is 0 Å². The summed E-state index contributed by atoms with van der Waals surface area (Å²) < 4.78 is 34.8. The summed E-state index contributed by atoms with van der Waals surface area (Å²) in [6.45, 7) is 5.30. The third-order valence-corrected chi connectivity index (χ3v) is 2.88. The van der Waals surface area contributed by atoms with Crippen molar-refractivity contribution in [3.8, 4) is 5.75 Å². The van der Waals surface area contributed by atoms with E-state index in [9.17, 15) is 13.6 Å². The van der Waals surface area contributed by atoms with Gasteiger partial charge in [0.1, 0.15) is 5.60 Å². The molecule has 6 nitrogen and oxygen atoms in total. The summed E-state index contributed by atoms with van der Waals surface area (Å²) >= 11 is 0. The molecule has 2 rings (SSSR count). The molecule has 0 unspecified atom stereocenters. The zero-order chi connectivity index (χ0) is 17.9. The molecule has 1 aromatic carbocycles. The topological polar surface area (TPSA) is 68.2 Å². The molecule has 0 saturated heterocycles. The summed E-state index contributed by atoms with van der Waals surface area (Å²) in [7, 11) is 1.76. The maximum absolute atomic E-state index is 14.0. The Morgan fingerprint density at radius 2 is 1.92 bits per heavy atom. The van der Waals surface area contributed by atoms with Crippen LogP contribution in [0.4, 0.5) is 19.3 Å². The zero-order valence-corrected chi connectivity index (χ0v) is 14.0. The predicted molar refractivity (Wildman–Crippen MR) is 85.8 cm³/mol. The van der Waals surface area contributed by atoms with Crippen molar-refractivity contribution in [3.63, 3.8) is 0 Å². The first-order valence-corrected chi connectivity index (χ1v) is 7.34. The molecule has 1 heterocycles. The molecule has 24 heavy (non-hydrogen) atoms. The van der Waals surface area contributed by atoms with E-state index in [-0.39, 0.29) is 12.2 Å². The highest BCUT2D eigenvalue weighted by molar-refractivity contribution is 5.89. The van der Waals surface area contributed by atoms with Crippen LogP contribution in [0.5, 0.6) is 5.75 Å². The highest BCUT2D eigenvalue weighted by Gasteiger charge is 2.20. The Kier molecular flexibility index (Phi) is 5.06. The summed E-state index contributed by atoms with van der Waals surface area (Å²) in [6.07, 6.45) is 3.36. The lowest BCUT2D eigenvalue weighted by molar-refractivity contribution is 0.117. The Labute approximate surface area is 138 Å². The third-order valence-electron chi connectivity index (χ3n) is 2.88. The molecule has 0 saturated carbocycles. The Morgan fingerprint density at radius 3 is 2.42 bits per heavy atom. The lowest BCUT2D eigenvalue weighted by Gasteiger charge is -2.22. The number of urea groups is 1. The normalized spacial score (nSPS) is 11.2. The Balaban J connectivity index is 2.00. The van der Waals surface area contributed by atoms with Crippen LogP contribution in [0, 0.1) is 11.6 Å². The van der Waals surface area contributed by atoms with Crippen molar-refractivity contribution >= 4 is 11.7 Å². The van der Waals surface area contributed by atoms with Crippen molar-refractivity contribution in [2.45, 2.75) is 32.9 Å². The van der Waals surface area contributed by atoms with Crippen LogP contribution in [0.1, 0.15) is 26.3 Å². The number of anilines is 1. The molecule has 0 radical (unpaired) electrons. The van der Waals surface area contributed by atoms with Gasteiger partial charge in [-0.05, 0) is 20.8 Å². The molecule has 130 valence electrons. The summed E-state index contributed by atoms with van der Waals surface area (Å²) in [5.74, 6) is -2.23. The number of halogens is 2. The van der Waals surface area contributed by atoms with Crippen LogP contribution in [-0.4, -0.2) is 21.4 Å². The Morgan fingerprint density at radius 1 is 1.29 bits per heavy atom. The van der Waals surface area contributed by atoms with Crippen molar-refractivity contribution in [3.05, 3.63) is 41.7 Å². The van der Waals surface area contributed by atoms with Gasteiger partial charge in [-0.25, -0.2) is 13.6 Å². The number of nitrogens with zero attached hydrogens (tertiary/aromatic N) is 2. The molecule has 0 fully saturated rings. The molecule has 0 spiro atoms. The van der Waals surface area contributed by atoms with Crippen molar-refractivity contribution < 1.29 is 18.3 Å². The minimum atomic E-state index is -0.882. The summed E-state index contributed by atoms with van der Waals surface area (Å²) in [5.41, 5.74) is 0.0615. The molecule has 2 aromatic rings. The van der Waals surface area contributed by atoms with Gasteiger partial charge < -0.3 is 15.4 Å². The molecule has 1 aromatic heterocycles. The molecule has 2 N–H and O–H groups in total. The molecule has 0 aliphatic carbocycles. The lowest BCUT2D eigenvalue weighted by Crippen LogP contribution is -2.28. The fourth-order valence-electron chi connectivity index (χ4n) is 1.96. The number of nitrogens with one attached hydrogen (secondary N) is 2. The second-order valence-electron chi connectivity index (χ2n) is 6.31. The number of aryl methyl sites for hydroxylation is 1. The molecule has 0 atom stereocenters. The van der Waals surface area contributed by atoms with Crippen molar-refractivity contribution in [2.75, 3.05) is 5.32 Å². The number of rotatable bonds is 4. The number of aromatic nitrogens is 2. The van der Waals surface area contributed by atoms with E-state index in [2.05, 4.69) is 15.7 Å². The van der Waals surface area contributed by atoms with Crippen molar-refractivity contribution in [1.82, 2.24) is 15.1 Å². The first-order valence-electron chi connectivity index (χ1n) is 7.34. The molecule has 0 aliphatic rings. The van der Waals surface area contributed by atoms with Gasteiger partial charge in [-0.3, -0.25) is 4.68 Å². The number of amides is 2. The van der Waals surface area contributed by atoms with Crippen LogP contribution in [0.15, 0.2) is 24.5 Å². The molecule has 0 aliphatic heterocycles. The third kappa shape index (κ3) is 4.94. The Hall–Kier alpha value is -2.64. The first-order chi connectivity index (χ1) is 11.1. The van der Waals surface area contributed by atoms with E-state index in [4.69, 9.17) is 4.74 Å². The SMILES string of the molecule is Cn1cc(CNC(=O)Nc2cc(F)c(OC(C)(C)C)c(F)c2)cn1. The average Bonchev–Trinajstić information content (AvgIpc) is 2.85. The number of benzene rings is 1. The van der Waals surface area contributed by atoms with Crippen LogP contribution < -0.4 is 15.4 Å². The van der Waals surface area contributed by atoms with Crippen LogP contribution in [0.25, 0.3) is 0 Å². The highest BCUT2D eigenvalue weighted by atomic mass is 19.1. The minimum absolute atomic E-state index is 0.00468. The second-order valence-corrected chi connectivity index (χ2v) is 6.31. The van der Waals surface area contributed by atoms with E-state index in [1.807, 2.05) is 0 Å². The van der Waals surface area contributed by atoms with Gasteiger partial charge >= 0.3 is 6.03 Å². The molecular weight excluding hydrogens is 318 g/mol. The van der Waals surface area contributed by atoms with Crippen molar-refractivity contribution in [1.29, 1.82) is 0 Å². The predicted octanol–water partition coefficient (Wildman–Crippen LogP) is 3.20. The van der Waals surface area contributed by atoms with Crippen LogP contribution in [-0.2, 0) is 13.6 Å². The number of hydrogen-bond donors (Lipinski definition) is 2. The van der Waals surface area contributed by atoms with E-state index in [1.165, 1.54) is 0 Å².